The number of hydrogen-bond acceptors (Lipinski definition) is 2. The fraction of sp³-hybridized carbons (Fsp3) is 0.350. The summed E-state index contributed by atoms with van der Waals surface area (Å²) >= 11 is 0. The van der Waals surface area contributed by atoms with E-state index in [0.717, 1.165) is 29.6 Å². The molecule has 4 heteroatoms. The minimum Gasteiger partial charge on any atom is -0.349 e. The smallest absolute Gasteiger partial charge is 0.252 e. The molecule has 0 aliphatic carbocycles. The number of aromatic nitrogens is 2. The minimum atomic E-state index is -0.000388. The lowest BCUT2D eigenvalue weighted by molar-refractivity contribution is 0.317. The maximum atomic E-state index is 12.3. The zero-order valence-electron chi connectivity index (χ0n) is 14.9. The molecule has 0 saturated heterocycles. The normalized spacial score (nSPS) is 11.5. The van der Waals surface area contributed by atoms with Crippen molar-refractivity contribution < 1.29 is 0 Å². The predicted molar refractivity (Wildman–Crippen MR) is 99.3 cm³/mol. The van der Waals surface area contributed by atoms with Crippen molar-refractivity contribution in [3.8, 4) is 0 Å². The van der Waals surface area contributed by atoms with Crippen LogP contribution in [0.25, 0.3) is 10.9 Å². The second-order valence-corrected chi connectivity index (χ2v) is 6.52. The molecule has 1 N–H and O–H groups in total. The lowest BCUT2D eigenvalue weighted by atomic mass is 10.1. The van der Waals surface area contributed by atoms with Gasteiger partial charge in [0.15, 0.2) is 0 Å². The highest BCUT2D eigenvalue weighted by Gasteiger charge is 2.12. The Labute approximate surface area is 142 Å². The van der Waals surface area contributed by atoms with E-state index in [2.05, 4.69) is 48.3 Å². The third-order valence-corrected chi connectivity index (χ3v) is 4.71. The SMILES string of the molecule is CCn1c(C)cc(CN(C)Cc2cc3ccccc3[nH]c2=O)c1C. The van der Waals surface area contributed by atoms with Crippen molar-refractivity contribution in [2.24, 2.45) is 0 Å². The van der Waals surface area contributed by atoms with Crippen LogP contribution in [0.2, 0.25) is 0 Å². The van der Waals surface area contributed by atoms with Gasteiger partial charge in [-0.25, -0.2) is 0 Å². The van der Waals surface area contributed by atoms with E-state index in [0.29, 0.717) is 6.54 Å². The van der Waals surface area contributed by atoms with Crippen molar-refractivity contribution in [3.05, 3.63) is 69.3 Å². The van der Waals surface area contributed by atoms with Crippen LogP contribution in [0.1, 0.15) is 29.4 Å². The molecule has 0 radical (unpaired) electrons. The van der Waals surface area contributed by atoms with Gasteiger partial charge in [0.05, 0.1) is 0 Å². The van der Waals surface area contributed by atoms with E-state index >= 15 is 0 Å². The molecule has 4 nitrogen and oxygen atoms in total. The van der Waals surface area contributed by atoms with Gasteiger partial charge < -0.3 is 9.55 Å². The number of para-hydroxylation sites is 1. The molecular weight excluding hydrogens is 298 g/mol. The zero-order valence-corrected chi connectivity index (χ0v) is 14.9. The Hall–Kier alpha value is -2.33. The summed E-state index contributed by atoms with van der Waals surface area (Å²) in [6.45, 7) is 8.95. The molecule has 1 aromatic carbocycles. The van der Waals surface area contributed by atoms with Gasteiger partial charge in [-0.2, -0.15) is 0 Å². The third kappa shape index (κ3) is 3.15. The molecule has 2 aromatic heterocycles. The van der Waals surface area contributed by atoms with E-state index in [-0.39, 0.29) is 5.56 Å². The van der Waals surface area contributed by atoms with Crippen LogP contribution in [0.5, 0.6) is 0 Å². The first-order chi connectivity index (χ1) is 11.5. The Morgan fingerprint density at radius 3 is 2.50 bits per heavy atom. The van der Waals surface area contributed by atoms with Crippen LogP contribution in [0, 0.1) is 13.8 Å². The summed E-state index contributed by atoms with van der Waals surface area (Å²) in [6, 6.07) is 12.1. The average Bonchev–Trinajstić information content (AvgIpc) is 2.81. The first kappa shape index (κ1) is 16.5. The number of aromatic amines is 1. The second-order valence-electron chi connectivity index (χ2n) is 6.52. The Morgan fingerprint density at radius 2 is 1.79 bits per heavy atom. The van der Waals surface area contributed by atoms with Gasteiger partial charge in [0.25, 0.3) is 5.56 Å². The van der Waals surface area contributed by atoms with E-state index in [1.807, 2.05) is 30.3 Å². The first-order valence-electron chi connectivity index (χ1n) is 8.44. The Bertz CT molecular complexity index is 920. The van der Waals surface area contributed by atoms with Gasteiger partial charge >= 0.3 is 0 Å². The number of rotatable bonds is 5. The number of hydrogen-bond donors (Lipinski definition) is 1. The highest BCUT2D eigenvalue weighted by molar-refractivity contribution is 5.78. The highest BCUT2D eigenvalue weighted by Crippen LogP contribution is 2.18. The summed E-state index contributed by atoms with van der Waals surface area (Å²) in [4.78, 5) is 17.5. The van der Waals surface area contributed by atoms with Gasteiger partial charge in [-0.05, 0) is 57.0 Å². The van der Waals surface area contributed by atoms with Crippen LogP contribution in [-0.2, 0) is 19.6 Å². The number of pyridine rings is 1. The summed E-state index contributed by atoms with van der Waals surface area (Å²) in [5.41, 5.74) is 5.63. The van der Waals surface area contributed by atoms with Crippen LogP contribution >= 0.6 is 0 Å². The molecule has 3 aromatic rings. The van der Waals surface area contributed by atoms with Gasteiger partial charge in [-0.1, -0.05) is 18.2 Å². The molecule has 0 unspecified atom stereocenters. The van der Waals surface area contributed by atoms with E-state index in [1.54, 1.807) is 0 Å². The molecule has 0 fully saturated rings. The lowest BCUT2D eigenvalue weighted by Crippen LogP contribution is -2.23. The molecule has 0 bridgehead atoms. The molecule has 126 valence electrons. The maximum Gasteiger partial charge on any atom is 0.252 e. The van der Waals surface area contributed by atoms with Crippen molar-refractivity contribution in [2.45, 2.75) is 40.4 Å². The Kier molecular flexibility index (Phi) is 4.58. The molecule has 3 rings (SSSR count). The van der Waals surface area contributed by atoms with Gasteiger partial charge in [0, 0.05) is 42.1 Å². The predicted octanol–water partition coefficient (Wildman–Crippen LogP) is 3.60. The largest absolute Gasteiger partial charge is 0.349 e. The first-order valence-corrected chi connectivity index (χ1v) is 8.44. The molecule has 2 heterocycles. The lowest BCUT2D eigenvalue weighted by Gasteiger charge is -2.17. The summed E-state index contributed by atoms with van der Waals surface area (Å²) in [6.07, 6.45) is 0. The number of H-pyrrole nitrogens is 1. The summed E-state index contributed by atoms with van der Waals surface area (Å²) in [5, 5.41) is 1.07. The number of aryl methyl sites for hydroxylation is 1. The monoisotopic (exact) mass is 323 g/mol. The van der Waals surface area contributed by atoms with Crippen molar-refractivity contribution in [1.82, 2.24) is 14.5 Å². The van der Waals surface area contributed by atoms with Gasteiger partial charge in [-0.15, -0.1) is 0 Å². The molecule has 0 atom stereocenters. The average molecular weight is 323 g/mol. The van der Waals surface area contributed by atoms with E-state index in [9.17, 15) is 4.79 Å². The minimum absolute atomic E-state index is 0.000388. The molecule has 0 amide bonds. The molecule has 0 aliphatic heterocycles. The van der Waals surface area contributed by atoms with E-state index < -0.39 is 0 Å². The number of benzene rings is 1. The van der Waals surface area contributed by atoms with E-state index in [1.165, 1.54) is 17.0 Å². The summed E-state index contributed by atoms with van der Waals surface area (Å²) < 4.78 is 2.33. The van der Waals surface area contributed by atoms with Crippen LogP contribution < -0.4 is 5.56 Å². The standard InChI is InChI=1S/C20H25N3O/c1-5-23-14(2)10-17(15(23)3)12-22(4)13-18-11-16-8-6-7-9-19(16)21-20(18)24/h6-11H,5,12-13H2,1-4H3,(H,21,24). The quantitative estimate of drug-likeness (QED) is 0.779. The fourth-order valence-corrected chi connectivity index (χ4v) is 3.47. The van der Waals surface area contributed by atoms with E-state index in [4.69, 9.17) is 0 Å². The molecular formula is C20H25N3O. The topological polar surface area (TPSA) is 41.0 Å². The summed E-state index contributed by atoms with van der Waals surface area (Å²) in [7, 11) is 2.06. The number of nitrogens with zero attached hydrogens (tertiary/aromatic N) is 2. The number of fused-ring (bicyclic) bond motifs is 1. The van der Waals surface area contributed by atoms with Crippen molar-refractivity contribution >= 4 is 10.9 Å². The second kappa shape index (κ2) is 6.65. The van der Waals surface area contributed by atoms with Crippen molar-refractivity contribution in [1.29, 1.82) is 0 Å². The highest BCUT2D eigenvalue weighted by atomic mass is 16.1. The molecule has 0 spiro atoms. The molecule has 0 saturated carbocycles. The molecule has 0 aliphatic rings. The number of nitrogens with one attached hydrogen (secondary N) is 1. The van der Waals surface area contributed by atoms with Crippen LogP contribution in [0.3, 0.4) is 0 Å². The Balaban J connectivity index is 1.81. The van der Waals surface area contributed by atoms with Crippen LogP contribution in [0.15, 0.2) is 41.2 Å². The summed E-state index contributed by atoms with van der Waals surface area (Å²) in [5.74, 6) is 0. The fourth-order valence-electron chi connectivity index (χ4n) is 3.47. The van der Waals surface area contributed by atoms with Gasteiger partial charge in [-0.3, -0.25) is 9.69 Å². The van der Waals surface area contributed by atoms with Crippen molar-refractivity contribution in [2.75, 3.05) is 7.05 Å². The van der Waals surface area contributed by atoms with Crippen LogP contribution in [0.4, 0.5) is 0 Å². The van der Waals surface area contributed by atoms with Gasteiger partial charge in [0.1, 0.15) is 0 Å². The van der Waals surface area contributed by atoms with Crippen molar-refractivity contribution in [3.63, 3.8) is 0 Å². The molecule has 24 heavy (non-hydrogen) atoms. The Morgan fingerprint density at radius 1 is 1.08 bits per heavy atom. The third-order valence-electron chi connectivity index (χ3n) is 4.71. The van der Waals surface area contributed by atoms with Gasteiger partial charge in [0.2, 0.25) is 0 Å². The van der Waals surface area contributed by atoms with Crippen LogP contribution in [-0.4, -0.2) is 21.5 Å². The zero-order chi connectivity index (χ0) is 17.3. The maximum absolute atomic E-state index is 12.3.